The number of carbonyl (C=O) groups is 4. The maximum absolute atomic E-state index is 12.2. The Hall–Kier alpha value is -2.90. The van der Waals surface area contributed by atoms with E-state index in [1.165, 1.54) is 0 Å². The van der Waals surface area contributed by atoms with E-state index in [0.717, 1.165) is 31.2 Å². The number of imide groups is 1. The third-order valence-corrected chi connectivity index (χ3v) is 5.45. The van der Waals surface area contributed by atoms with Gasteiger partial charge in [0.15, 0.2) is 6.61 Å². The van der Waals surface area contributed by atoms with Crippen molar-refractivity contribution in [3.05, 3.63) is 35.4 Å². The van der Waals surface area contributed by atoms with Crippen LogP contribution in [0.4, 0.5) is 4.79 Å². The van der Waals surface area contributed by atoms with Gasteiger partial charge in [0.05, 0.1) is 0 Å². The Balaban J connectivity index is 1.68. The summed E-state index contributed by atoms with van der Waals surface area (Å²) in [5.74, 6) is -1.54. The van der Waals surface area contributed by atoms with Gasteiger partial charge in [-0.2, -0.15) is 0 Å². The van der Waals surface area contributed by atoms with Gasteiger partial charge in [-0.25, -0.2) is 4.79 Å². The fourth-order valence-corrected chi connectivity index (χ4v) is 3.47. The average Bonchev–Trinajstić information content (AvgIpc) is 2.71. The number of rotatable bonds is 6. The zero-order chi connectivity index (χ0) is 23.0. The molecule has 2 rings (SSSR count). The van der Waals surface area contributed by atoms with E-state index in [9.17, 15) is 19.2 Å². The summed E-state index contributed by atoms with van der Waals surface area (Å²) in [6.07, 6.45) is 4.13. The smallest absolute Gasteiger partial charge is 0.325 e. The number of hydrogen-bond donors (Lipinski definition) is 3. The van der Waals surface area contributed by atoms with Crippen LogP contribution >= 0.6 is 0 Å². The molecule has 1 fully saturated rings. The molecule has 1 aliphatic carbocycles. The van der Waals surface area contributed by atoms with E-state index in [0.29, 0.717) is 11.5 Å². The predicted octanol–water partition coefficient (Wildman–Crippen LogP) is 2.66. The summed E-state index contributed by atoms with van der Waals surface area (Å²) >= 11 is 0. The second-order valence-corrected chi connectivity index (χ2v) is 9.06. The molecule has 0 radical (unpaired) electrons. The van der Waals surface area contributed by atoms with E-state index in [-0.39, 0.29) is 18.0 Å². The van der Waals surface area contributed by atoms with Crippen molar-refractivity contribution in [3.63, 3.8) is 0 Å². The Morgan fingerprint density at radius 3 is 2.29 bits per heavy atom. The first-order valence-electron chi connectivity index (χ1n) is 10.7. The molecule has 1 aromatic carbocycles. The summed E-state index contributed by atoms with van der Waals surface area (Å²) in [7, 11) is 0. The third-order valence-electron chi connectivity index (χ3n) is 5.45. The number of carbonyl (C=O) groups excluding carboxylic acids is 4. The lowest BCUT2D eigenvalue weighted by Gasteiger charge is -2.29. The summed E-state index contributed by atoms with van der Waals surface area (Å²) in [4.78, 5) is 47.7. The summed E-state index contributed by atoms with van der Waals surface area (Å²) < 4.78 is 4.82. The molecule has 170 valence electrons. The average molecular weight is 432 g/mol. The van der Waals surface area contributed by atoms with E-state index in [4.69, 9.17) is 4.74 Å². The molecule has 0 saturated heterocycles. The lowest BCUT2D eigenvalue weighted by Crippen LogP contribution is -2.48. The van der Waals surface area contributed by atoms with E-state index >= 15 is 0 Å². The molecule has 0 aliphatic heterocycles. The molecule has 0 aromatic heterocycles. The molecular weight excluding hydrogens is 398 g/mol. The van der Waals surface area contributed by atoms with Crippen molar-refractivity contribution in [2.45, 2.75) is 64.8 Å². The van der Waals surface area contributed by atoms with Crippen molar-refractivity contribution in [1.82, 2.24) is 16.0 Å². The van der Waals surface area contributed by atoms with Gasteiger partial charge in [0.25, 0.3) is 11.8 Å². The van der Waals surface area contributed by atoms with Crippen LogP contribution in [0.5, 0.6) is 0 Å². The molecule has 8 heteroatoms. The Kier molecular flexibility index (Phi) is 8.59. The van der Waals surface area contributed by atoms with E-state index in [2.05, 4.69) is 43.6 Å². The van der Waals surface area contributed by atoms with Gasteiger partial charge < -0.3 is 15.4 Å². The van der Waals surface area contributed by atoms with E-state index in [1.54, 1.807) is 12.1 Å². The first-order valence-corrected chi connectivity index (χ1v) is 10.7. The van der Waals surface area contributed by atoms with Crippen LogP contribution in [-0.2, 0) is 19.7 Å². The van der Waals surface area contributed by atoms with E-state index in [1.807, 2.05) is 12.1 Å². The molecule has 0 unspecified atom stereocenters. The van der Waals surface area contributed by atoms with Gasteiger partial charge in [-0.3, -0.25) is 19.7 Å². The van der Waals surface area contributed by atoms with Crippen molar-refractivity contribution in [2.24, 2.45) is 5.92 Å². The van der Waals surface area contributed by atoms with Crippen LogP contribution in [0.25, 0.3) is 0 Å². The summed E-state index contributed by atoms with van der Waals surface area (Å²) in [5.41, 5.74) is 1.49. The van der Waals surface area contributed by atoms with Crippen molar-refractivity contribution in [3.8, 4) is 0 Å². The number of urea groups is 1. The van der Waals surface area contributed by atoms with Gasteiger partial charge in [0.2, 0.25) is 0 Å². The Labute approximate surface area is 183 Å². The number of benzene rings is 1. The zero-order valence-electron chi connectivity index (χ0n) is 18.7. The minimum atomic E-state index is -0.767. The van der Waals surface area contributed by atoms with Gasteiger partial charge in [-0.1, -0.05) is 52.7 Å². The molecule has 1 saturated carbocycles. The highest BCUT2D eigenvalue weighted by Crippen LogP contribution is 2.23. The van der Waals surface area contributed by atoms with Crippen LogP contribution in [0.2, 0.25) is 0 Å². The number of ether oxygens (including phenoxy) is 1. The van der Waals surface area contributed by atoms with Gasteiger partial charge in [0.1, 0.15) is 6.54 Å². The highest BCUT2D eigenvalue weighted by Gasteiger charge is 2.23. The van der Waals surface area contributed by atoms with Crippen molar-refractivity contribution >= 4 is 23.8 Å². The molecule has 1 aliphatic rings. The van der Waals surface area contributed by atoms with E-state index < -0.39 is 30.4 Å². The minimum Gasteiger partial charge on any atom is -0.454 e. The molecule has 3 N–H and O–H groups in total. The monoisotopic (exact) mass is 431 g/mol. The highest BCUT2D eigenvalue weighted by atomic mass is 16.5. The molecule has 31 heavy (non-hydrogen) atoms. The van der Waals surface area contributed by atoms with Crippen LogP contribution in [0, 0.1) is 5.92 Å². The van der Waals surface area contributed by atoms with Crippen LogP contribution < -0.4 is 16.0 Å². The summed E-state index contributed by atoms with van der Waals surface area (Å²) in [6.45, 7) is 7.33. The highest BCUT2D eigenvalue weighted by molar-refractivity contribution is 5.97. The first kappa shape index (κ1) is 24.4. The van der Waals surface area contributed by atoms with Crippen LogP contribution in [-0.4, -0.2) is 43.0 Å². The van der Waals surface area contributed by atoms with Crippen molar-refractivity contribution < 1.29 is 23.9 Å². The van der Waals surface area contributed by atoms with Crippen molar-refractivity contribution in [2.75, 3.05) is 13.2 Å². The maximum atomic E-state index is 12.2. The van der Waals surface area contributed by atoms with Gasteiger partial charge in [-0.05, 0) is 41.9 Å². The number of amides is 4. The Morgan fingerprint density at radius 1 is 1.03 bits per heavy atom. The first-order chi connectivity index (χ1) is 14.6. The molecule has 0 bridgehead atoms. The Bertz CT molecular complexity index is 798. The molecule has 0 spiro atoms. The van der Waals surface area contributed by atoms with Gasteiger partial charge in [-0.15, -0.1) is 0 Å². The predicted molar refractivity (Wildman–Crippen MR) is 117 cm³/mol. The second-order valence-electron chi connectivity index (χ2n) is 9.06. The number of esters is 1. The molecule has 4 amide bonds. The molecular formula is C23H33N3O5. The minimum absolute atomic E-state index is 0.0229. The molecule has 8 nitrogen and oxygen atoms in total. The fraction of sp³-hybridized carbons (Fsp3) is 0.565. The van der Waals surface area contributed by atoms with Crippen LogP contribution in [0.1, 0.15) is 69.3 Å². The largest absolute Gasteiger partial charge is 0.454 e. The lowest BCUT2D eigenvalue weighted by atomic mass is 9.86. The normalized spacial score (nSPS) is 18.6. The van der Waals surface area contributed by atoms with Gasteiger partial charge in [0, 0.05) is 11.6 Å². The summed E-state index contributed by atoms with van der Waals surface area (Å²) in [6, 6.07) is 6.58. The molecule has 1 aromatic rings. The number of nitrogens with one attached hydrogen (secondary N) is 3. The zero-order valence-corrected chi connectivity index (χ0v) is 18.7. The number of hydrogen-bond acceptors (Lipinski definition) is 5. The topological polar surface area (TPSA) is 114 Å². The van der Waals surface area contributed by atoms with Crippen LogP contribution in [0.3, 0.4) is 0 Å². The molecule has 2 atom stereocenters. The van der Waals surface area contributed by atoms with Crippen molar-refractivity contribution in [1.29, 1.82) is 0 Å². The maximum Gasteiger partial charge on any atom is 0.325 e. The third kappa shape index (κ3) is 8.03. The second kappa shape index (κ2) is 10.9. The lowest BCUT2D eigenvalue weighted by molar-refractivity contribution is -0.147. The fourth-order valence-electron chi connectivity index (χ4n) is 3.47. The molecule has 0 heterocycles. The van der Waals surface area contributed by atoms with Crippen LogP contribution in [0.15, 0.2) is 24.3 Å². The SMILES string of the molecule is C[C@@H]1CCCC[C@H]1NC(=O)NC(=O)COC(=O)CNC(=O)c1ccc(C(C)(C)C)cc1. The Morgan fingerprint density at radius 2 is 1.68 bits per heavy atom. The summed E-state index contributed by atoms with van der Waals surface area (Å²) in [5, 5.41) is 7.40. The quantitative estimate of drug-likeness (QED) is 0.599. The standard InChI is InChI=1S/C23H33N3O5/c1-15-7-5-6-8-18(15)25-22(30)26-19(27)14-31-20(28)13-24-21(29)16-9-11-17(12-10-16)23(2,3)4/h9-12,15,18H,5-8,13-14H2,1-4H3,(H,24,29)(H2,25,26,27,30)/t15-,18-/m1/s1. The van der Waals surface area contributed by atoms with Gasteiger partial charge >= 0.3 is 12.0 Å².